The van der Waals surface area contributed by atoms with Gasteiger partial charge in [0, 0.05) is 12.3 Å². The molecule has 0 aliphatic rings. The molecular weight excluding hydrogens is 304 g/mol. The van der Waals surface area contributed by atoms with E-state index in [0.29, 0.717) is 5.92 Å². The third kappa shape index (κ3) is 7.16. The molecule has 108 valence electrons. The lowest BCUT2D eigenvalue weighted by molar-refractivity contribution is -0.176. The van der Waals surface area contributed by atoms with Gasteiger partial charge in [-0.15, -0.1) is 0 Å². The molecule has 0 heterocycles. The van der Waals surface area contributed by atoms with Gasteiger partial charge in [0.25, 0.3) is 0 Å². The van der Waals surface area contributed by atoms with Gasteiger partial charge >= 0.3 is 17.4 Å². The van der Waals surface area contributed by atoms with Crippen LogP contribution in [-0.4, -0.2) is 24.0 Å². The van der Waals surface area contributed by atoms with Crippen molar-refractivity contribution in [2.75, 3.05) is 6.67 Å². The molecule has 0 aliphatic carbocycles. The van der Waals surface area contributed by atoms with Crippen molar-refractivity contribution >= 4 is 11.8 Å². The summed E-state index contributed by atoms with van der Waals surface area (Å²) in [4.78, 5) is 0. The first kappa shape index (κ1) is 17.9. The summed E-state index contributed by atoms with van der Waals surface area (Å²) in [5.41, 5.74) is 0. The van der Waals surface area contributed by atoms with Crippen LogP contribution in [0, 0.1) is 23.0 Å². The van der Waals surface area contributed by atoms with E-state index in [4.69, 9.17) is 0 Å². The van der Waals surface area contributed by atoms with E-state index in [1.165, 1.54) is 0 Å². The minimum atomic E-state index is -5.63. The smallest absolute Gasteiger partial charge is 0.251 e. The second kappa shape index (κ2) is 6.90. The Hall–Kier alpha value is -1.09. The van der Waals surface area contributed by atoms with Crippen molar-refractivity contribution in [3.8, 4) is 23.0 Å². The molecule has 9 heteroatoms. The van der Waals surface area contributed by atoms with Crippen LogP contribution in [-0.2, 0) is 0 Å². The van der Waals surface area contributed by atoms with E-state index < -0.39 is 35.8 Å². The molecule has 0 aromatic carbocycles. The molecule has 0 nitrogen and oxygen atoms in total. The fourth-order valence-corrected chi connectivity index (χ4v) is 1.15. The Bertz CT molecular complexity index is 402. The van der Waals surface area contributed by atoms with Crippen LogP contribution in [0.5, 0.6) is 0 Å². The van der Waals surface area contributed by atoms with Crippen LogP contribution in [0.1, 0.15) is 12.8 Å². The maximum atomic E-state index is 13.3. The fraction of sp³-hybridized carbons (Fsp3) is 0.600. The van der Waals surface area contributed by atoms with Crippen molar-refractivity contribution < 1.29 is 35.1 Å². The molecule has 0 spiro atoms. The van der Waals surface area contributed by atoms with Crippen LogP contribution >= 0.6 is 11.8 Å². The summed E-state index contributed by atoms with van der Waals surface area (Å²) in [5, 5.41) is -2.80. The number of hydrogen-bond donors (Lipinski definition) is 0. The van der Waals surface area contributed by atoms with Gasteiger partial charge < -0.3 is 0 Å². The van der Waals surface area contributed by atoms with E-state index in [1.807, 2.05) is 5.92 Å². The predicted octanol–water partition coefficient (Wildman–Crippen LogP) is 4.22. The standard InChI is InChI=1S/C10H6F8S/c11-6-2-1-3-7-19-8(12,10(16,17)18)4-5-9(13,14)15/h1-2,6H2. The molecule has 19 heavy (non-hydrogen) atoms. The molecule has 0 bridgehead atoms. The quantitative estimate of drug-likeness (QED) is 0.427. The molecular formula is C10H6F8S. The lowest BCUT2D eigenvalue weighted by Gasteiger charge is -2.18. The third-order valence-corrected chi connectivity index (χ3v) is 2.29. The zero-order valence-electron chi connectivity index (χ0n) is 9.05. The highest BCUT2D eigenvalue weighted by Crippen LogP contribution is 2.42. The third-order valence-electron chi connectivity index (χ3n) is 1.43. The van der Waals surface area contributed by atoms with Crippen molar-refractivity contribution in [3.63, 3.8) is 0 Å². The van der Waals surface area contributed by atoms with E-state index in [-0.39, 0.29) is 18.8 Å². The van der Waals surface area contributed by atoms with Gasteiger partial charge in [-0.1, -0.05) is 5.92 Å². The Balaban J connectivity index is 4.99. The van der Waals surface area contributed by atoms with Gasteiger partial charge in [-0.2, -0.15) is 26.3 Å². The normalized spacial score (nSPS) is 14.7. The summed E-state index contributed by atoms with van der Waals surface area (Å²) in [5.74, 6) is 2.71. The first-order valence-electron chi connectivity index (χ1n) is 4.60. The first-order valence-corrected chi connectivity index (χ1v) is 5.42. The molecule has 0 amide bonds. The molecule has 1 atom stereocenters. The molecule has 0 rings (SSSR count). The lowest BCUT2D eigenvalue weighted by atomic mass is 10.3. The molecule has 1 unspecified atom stereocenters. The summed E-state index contributed by atoms with van der Waals surface area (Å²) in [6.45, 7) is -0.757. The second-order valence-electron chi connectivity index (χ2n) is 3.01. The molecule has 0 fully saturated rings. The van der Waals surface area contributed by atoms with Gasteiger partial charge in [0.2, 0.25) is 0 Å². The van der Waals surface area contributed by atoms with E-state index in [0.717, 1.165) is 0 Å². The van der Waals surface area contributed by atoms with Crippen molar-refractivity contribution in [2.45, 2.75) is 30.2 Å². The number of unbranched alkanes of at least 4 members (excludes halogenated alkanes) is 1. The highest BCUT2D eigenvalue weighted by Gasteiger charge is 2.56. The van der Waals surface area contributed by atoms with E-state index >= 15 is 0 Å². The SMILES string of the molecule is FCCCC#CSC(F)(C#CC(F)(F)F)C(F)(F)F. The number of rotatable bonds is 3. The average Bonchev–Trinajstić information content (AvgIpc) is 2.23. The van der Waals surface area contributed by atoms with Crippen molar-refractivity contribution in [1.82, 2.24) is 0 Å². The van der Waals surface area contributed by atoms with Gasteiger partial charge in [0.15, 0.2) is 0 Å². The Morgan fingerprint density at radius 1 is 0.895 bits per heavy atom. The Morgan fingerprint density at radius 2 is 1.47 bits per heavy atom. The van der Waals surface area contributed by atoms with Crippen LogP contribution in [0.15, 0.2) is 0 Å². The minimum absolute atomic E-state index is 0.0624. The molecule has 0 aromatic rings. The van der Waals surface area contributed by atoms with Crippen LogP contribution in [0.2, 0.25) is 0 Å². The van der Waals surface area contributed by atoms with Crippen molar-refractivity contribution in [2.24, 2.45) is 0 Å². The summed E-state index contributed by atoms with van der Waals surface area (Å²) < 4.78 is 96.7. The van der Waals surface area contributed by atoms with E-state index in [9.17, 15) is 35.1 Å². The summed E-state index contributed by atoms with van der Waals surface area (Å²) in [6, 6.07) is 0. The van der Waals surface area contributed by atoms with E-state index in [1.54, 1.807) is 5.25 Å². The van der Waals surface area contributed by atoms with Crippen LogP contribution in [0.4, 0.5) is 35.1 Å². The highest BCUT2D eigenvalue weighted by atomic mass is 32.2. The van der Waals surface area contributed by atoms with Gasteiger partial charge in [0.1, 0.15) is 0 Å². The minimum Gasteiger partial charge on any atom is -0.251 e. The monoisotopic (exact) mass is 310 g/mol. The van der Waals surface area contributed by atoms with Gasteiger partial charge in [-0.05, 0) is 29.4 Å². The topological polar surface area (TPSA) is 0 Å². The van der Waals surface area contributed by atoms with Crippen LogP contribution in [0.3, 0.4) is 0 Å². The molecule has 0 aliphatic heterocycles. The van der Waals surface area contributed by atoms with Crippen LogP contribution in [0.25, 0.3) is 0 Å². The lowest BCUT2D eigenvalue weighted by Crippen LogP contribution is -2.36. The Morgan fingerprint density at radius 3 is 1.89 bits per heavy atom. The zero-order valence-corrected chi connectivity index (χ0v) is 9.87. The number of hydrogen-bond acceptors (Lipinski definition) is 1. The van der Waals surface area contributed by atoms with Gasteiger partial charge in [-0.3, -0.25) is 4.39 Å². The molecule has 0 radical (unpaired) electrons. The fourth-order valence-electron chi connectivity index (χ4n) is 0.618. The van der Waals surface area contributed by atoms with Crippen molar-refractivity contribution in [1.29, 1.82) is 0 Å². The molecule has 0 saturated heterocycles. The van der Waals surface area contributed by atoms with Gasteiger partial charge in [-0.25, -0.2) is 4.39 Å². The van der Waals surface area contributed by atoms with Crippen molar-refractivity contribution in [3.05, 3.63) is 0 Å². The zero-order chi connectivity index (χ0) is 15.2. The maximum absolute atomic E-state index is 13.3. The summed E-state index contributed by atoms with van der Waals surface area (Å²) >= 11 is -0.727. The largest absolute Gasteiger partial charge is 0.457 e. The Labute approximate surface area is 107 Å². The number of alkyl halides is 8. The first-order chi connectivity index (χ1) is 8.52. The summed E-state index contributed by atoms with van der Waals surface area (Å²) in [7, 11) is 0. The maximum Gasteiger partial charge on any atom is 0.457 e. The van der Waals surface area contributed by atoms with E-state index in [2.05, 4.69) is 0 Å². The number of halogens is 8. The number of thioether (sulfide) groups is 1. The predicted molar refractivity (Wildman–Crippen MR) is 54.3 cm³/mol. The second-order valence-corrected chi connectivity index (χ2v) is 3.99. The Kier molecular flexibility index (Phi) is 6.50. The summed E-state index contributed by atoms with van der Waals surface area (Å²) in [6.07, 6.45) is -11.1. The molecule has 0 N–H and O–H groups in total. The van der Waals surface area contributed by atoms with Crippen LogP contribution < -0.4 is 0 Å². The van der Waals surface area contributed by atoms with Gasteiger partial charge in [0.05, 0.1) is 6.67 Å². The molecule has 0 saturated carbocycles. The highest BCUT2D eigenvalue weighted by molar-refractivity contribution is 8.05. The molecule has 0 aromatic heterocycles. The average molecular weight is 310 g/mol.